The van der Waals surface area contributed by atoms with Crippen molar-refractivity contribution in [1.82, 2.24) is 29.3 Å². The molecule has 0 spiro atoms. The van der Waals surface area contributed by atoms with E-state index < -0.39 is 0 Å². The molecule has 4 aromatic rings. The number of nitrogens with zero attached hydrogens (tertiary/aromatic N) is 6. The van der Waals surface area contributed by atoms with Gasteiger partial charge in [0, 0.05) is 37.7 Å². The molecule has 0 aliphatic heterocycles. The Morgan fingerprint density at radius 1 is 1.21 bits per heavy atom. The second-order valence-corrected chi connectivity index (χ2v) is 9.04. The predicted octanol–water partition coefficient (Wildman–Crippen LogP) is 4.81. The number of imidazole rings is 1. The quantitative estimate of drug-likeness (QED) is 0.514. The van der Waals surface area contributed by atoms with E-state index in [0.717, 1.165) is 32.4 Å². The van der Waals surface area contributed by atoms with E-state index in [1.807, 2.05) is 28.7 Å². The summed E-state index contributed by atoms with van der Waals surface area (Å²) in [6.07, 6.45) is 9.41. The molecule has 150 valence electrons. The fourth-order valence-electron chi connectivity index (χ4n) is 3.66. The van der Waals surface area contributed by atoms with E-state index in [0.29, 0.717) is 17.9 Å². The lowest BCUT2D eigenvalue weighted by Crippen LogP contribution is -2.27. The highest BCUT2D eigenvalue weighted by atomic mass is 32.1. The molecule has 0 bridgehead atoms. The van der Waals surface area contributed by atoms with Gasteiger partial charge in [-0.05, 0) is 51.7 Å². The maximum Gasteiger partial charge on any atom is 0.199 e. The number of fused-ring (bicyclic) bond motifs is 1. The van der Waals surface area contributed by atoms with Gasteiger partial charge in [-0.15, -0.1) is 11.3 Å². The third kappa shape index (κ3) is 3.11. The van der Waals surface area contributed by atoms with Crippen LogP contribution in [0.3, 0.4) is 0 Å². The molecule has 29 heavy (non-hydrogen) atoms. The van der Waals surface area contributed by atoms with Gasteiger partial charge in [-0.1, -0.05) is 0 Å². The number of hydrogen-bond donors (Lipinski definition) is 1. The molecular formula is C21H25N7S. The lowest BCUT2D eigenvalue weighted by molar-refractivity contribution is 0.445. The van der Waals surface area contributed by atoms with Crippen molar-refractivity contribution in [2.24, 2.45) is 7.05 Å². The first-order valence-corrected chi connectivity index (χ1v) is 10.9. The van der Waals surface area contributed by atoms with E-state index in [1.54, 1.807) is 17.5 Å². The first-order chi connectivity index (χ1) is 14.0. The normalized spacial score (nSPS) is 14.7. The summed E-state index contributed by atoms with van der Waals surface area (Å²) in [5, 5.41) is 9.55. The largest absolute Gasteiger partial charge is 0.367 e. The van der Waals surface area contributed by atoms with Gasteiger partial charge in [0.25, 0.3) is 0 Å². The minimum Gasteiger partial charge on any atom is -0.367 e. The fourth-order valence-corrected chi connectivity index (χ4v) is 4.81. The van der Waals surface area contributed by atoms with Gasteiger partial charge >= 0.3 is 0 Å². The molecule has 1 fully saturated rings. The van der Waals surface area contributed by atoms with Crippen molar-refractivity contribution in [1.29, 1.82) is 0 Å². The highest BCUT2D eigenvalue weighted by Gasteiger charge is 2.24. The molecule has 4 aromatic heterocycles. The van der Waals surface area contributed by atoms with E-state index >= 15 is 0 Å². The lowest BCUT2D eigenvalue weighted by atomic mass is 9.93. The van der Waals surface area contributed by atoms with Crippen LogP contribution in [0.15, 0.2) is 24.7 Å². The topological polar surface area (TPSA) is 73.5 Å². The van der Waals surface area contributed by atoms with Crippen molar-refractivity contribution < 1.29 is 0 Å². The molecule has 0 saturated heterocycles. The molecule has 8 heteroatoms. The SMILES string of the molecule is Cc1c(-c2ccn(C(C)C)n2)sc2nc(-c3nccn3C)nc(NC3CCC3)c12. The number of nitrogens with one attached hydrogen (secondary N) is 1. The van der Waals surface area contributed by atoms with Crippen LogP contribution in [-0.4, -0.2) is 35.3 Å². The van der Waals surface area contributed by atoms with Crippen molar-refractivity contribution in [3.63, 3.8) is 0 Å². The maximum atomic E-state index is 4.90. The summed E-state index contributed by atoms with van der Waals surface area (Å²) >= 11 is 1.68. The Bertz CT molecular complexity index is 1180. The van der Waals surface area contributed by atoms with Crippen LogP contribution in [0.5, 0.6) is 0 Å². The van der Waals surface area contributed by atoms with Gasteiger partial charge in [0.2, 0.25) is 0 Å². The summed E-state index contributed by atoms with van der Waals surface area (Å²) in [5.74, 6) is 2.36. The zero-order chi connectivity index (χ0) is 20.1. The van der Waals surface area contributed by atoms with Crippen molar-refractivity contribution in [2.45, 2.75) is 52.1 Å². The number of aromatic nitrogens is 6. The van der Waals surface area contributed by atoms with Crippen LogP contribution in [-0.2, 0) is 7.05 Å². The van der Waals surface area contributed by atoms with Gasteiger partial charge in [0.15, 0.2) is 11.6 Å². The minimum atomic E-state index is 0.337. The molecule has 0 aromatic carbocycles. The first kappa shape index (κ1) is 18.3. The Kier molecular flexibility index (Phi) is 4.38. The second-order valence-electron chi connectivity index (χ2n) is 8.04. The fraction of sp³-hybridized carbons (Fsp3) is 0.429. The van der Waals surface area contributed by atoms with Gasteiger partial charge in [-0.25, -0.2) is 15.0 Å². The van der Waals surface area contributed by atoms with Gasteiger partial charge in [-0.2, -0.15) is 5.10 Å². The lowest BCUT2D eigenvalue weighted by Gasteiger charge is -2.27. The Balaban J connectivity index is 1.68. The standard InChI is InChI=1S/C21H25N7S/c1-12(2)28-10-8-15(26-28)17-13(3)16-18(23-14-6-5-7-14)24-19(25-21(16)29-17)20-22-9-11-27(20)4/h8-12,14H,5-7H2,1-4H3,(H,23,24,25). The molecule has 0 atom stereocenters. The van der Waals surface area contributed by atoms with Crippen LogP contribution in [0, 0.1) is 6.92 Å². The summed E-state index contributed by atoms with van der Waals surface area (Å²) in [7, 11) is 1.97. The monoisotopic (exact) mass is 407 g/mol. The van der Waals surface area contributed by atoms with Crippen molar-refractivity contribution in [2.75, 3.05) is 5.32 Å². The van der Waals surface area contributed by atoms with Crippen molar-refractivity contribution >= 4 is 27.4 Å². The molecule has 7 nitrogen and oxygen atoms in total. The molecule has 0 amide bonds. The van der Waals surface area contributed by atoms with Gasteiger partial charge < -0.3 is 9.88 Å². The zero-order valence-electron chi connectivity index (χ0n) is 17.2. The van der Waals surface area contributed by atoms with Gasteiger partial charge in [0.05, 0.1) is 10.3 Å². The third-order valence-electron chi connectivity index (χ3n) is 5.63. The van der Waals surface area contributed by atoms with Crippen LogP contribution in [0.4, 0.5) is 5.82 Å². The second kappa shape index (κ2) is 6.95. The zero-order valence-corrected chi connectivity index (χ0v) is 18.0. The number of rotatable bonds is 5. The molecule has 1 aliphatic carbocycles. The van der Waals surface area contributed by atoms with Crippen LogP contribution in [0.25, 0.3) is 32.4 Å². The Labute approximate surface area is 173 Å². The van der Waals surface area contributed by atoms with E-state index in [4.69, 9.17) is 15.1 Å². The molecule has 1 N–H and O–H groups in total. The van der Waals surface area contributed by atoms with Gasteiger partial charge in [-0.3, -0.25) is 4.68 Å². The van der Waals surface area contributed by atoms with E-state index in [-0.39, 0.29) is 0 Å². The summed E-state index contributed by atoms with van der Waals surface area (Å²) in [5.41, 5.74) is 2.18. The summed E-state index contributed by atoms with van der Waals surface area (Å²) in [6.45, 7) is 6.43. The smallest absolute Gasteiger partial charge is 0.199 e. The number of hydrogen-bond acceptors (Lipinski definition) is 6. The summed E-state index contributed by atoms with van der Waals surface area (Å²) in [4.78, 5) is 16.4. The molecule has 4 heterocycles. The van der Waals surface area contributed by atoms with Crippen LogP contribution < -0.4 is 5.32 Å². The highest BCUT2D eigenvalue weighted by Crippen LogP contribution is 2.41. The Morgan fingerprint density at radius 3 is 2.66 bits per heavy atom. The van der Waals surface area contributed by atoms with Crippen LogP contribution >= 0.6 is 11.3 Å². The van der Waals surface area contributed by atoms with Gasteiger partial charge in [0.1, 0.15) is 16.3 Å². The molecule has 1 saturated carbocycles. The average molecular weight is 408 g/mol. The molecule has 0 radical (unpaired) electrons. The van der Waals surface area contributed by atoms with Crippen molar-refractivity contribution in [3.8, 4) is 22.2 Å². The molecule has 0 unspecified atom stereocenters. The van der Waals surface area contributed by atoms with E-state index in [2.05, 4.69) is 37.1 Å². The molecular weight excluding hydrogens is 382 g/mol. The minimum absolute atomic E-state index is 0.337. The first-order valence-electron chi connectivity index (χ1n) is 10.1. The number of anilines is 1. The molecule has 1 aliphatic rings. The Morgan fingerprint density at radius 2 is 2.03 bits per heavy atom. The summed E-state index contributed by atoms with van der Waals surface area (Å²) < 4.78 is 3.96. The van der Waals surface area contributed by atoms with E-state index in [9.17, 15) is 0 Å². The van der Waals surface area contributed by atoms with Crippen LogP contribution in [0.2, 0.25) is 0 Å². The number of thiophene rings is 1. The maximum absolute atomic E-state index is 4.90. The van der Waals surface area contributed by atoms with E-state index in [1.165, 1.54) is 24.8 Å². The van der Waals surface area contributed by atoms with Crippen molar-refractivity contribution in [3.05, 3.63) is 30.2 Å². The third-order valence-corrected chi connectivity index (χ3v) is 6.84. The summed E-state index contributed by atoms with van der Waals surface area (Å²) in [6, 6.07) is 2.92. The average Bonchev–Trinajstić information content (AvgIpc) is 3.37. The highest BCUT2D eigenvalue weighted by molar-refractivity contribution is 7.22. The predicted molar refractivity (Wildman–Crippen MR) is 117 cm³/mol. The Hall–Kier alpha value is -2.74. The molecule has 5 rings (SSSR count). The van der Waals surface area contributed by atoms with Crippen LogP contribution in [0.1, 0.15) is 44.7 Å². The number of aryl methyl sites for hydroxylation is 2.